The van der Waals surface area contributed by atoms with Gasteiger partial charge in [0.2, 0.25) is 0 Å². The van der Waals surface area contributed by atoms with Gasteiger partial charge in [0.1, 0.15) is 0 Å². The van der Waals surface area contributed by atoms with Crippen LogP contribution in [-0.4, -0.2) is 22.2 Å². The molecule has 2 N–H and O–H groups in total. The van der Waals surface area contributed by atoms with E-state index in [4.69, 9.17) is 0 Å². The second-order valence-corrected chi connectivity index (χ2v) is 5.27. The lowest BCUT2D eigenvalue weighted by Gasteiger charge is -2.20. The molecule has 0 heterocycles. The molecule has 0 radical (unpaired) electrons. The van der Waals surface area contributed by atoms with Crippen LogP contribution in [0, 0.1) is 11.8 Å². The molecule has 2 atom stereocenters. The molecule has 114 valence electrons. The molecule has 0 amide bonds. The summed E-state index contributed by atoms with van der Waals surface area (Å²) in [6.07, 6.45) is 0.417. The highest BCUT2D eigenvalue weighted by Crippen LogP contribution is 2.23. The molecule has 2 aromatic carbocycles. The Kier molecular flexibility index (Phi) is 5.31. The topological polar surface area (TPSA) is 74.6 Å². The number of carboxylic acid groups (broad SMARTS) is 2. The monoisotopic (exact) mass is 298 g/mol. The number of hydrogen-bond donors (Lipinski definition) is 2. The molecule has 0 bridgehead atoms. The van der Waals surface area contributed by atoms with E-state index < -0.39 is 23.8 Å². The fourth-order valence-corrected chi connectivity index (χ4v) is 2.54. The second-order valence-electron chi connectivity index (χ2n) is 5.27. The summed E-state index contributed by atoms with van der Waals surface area (Å²) >= 11 is 0. The smallest absolute Gasteiger partial charge is 0.307 e. The van der Waals surface area contributed by atoms with Crippen molar-refractivity contribution in [3.05, 3.63) is 71.8 Å². The molecular weight excluding hydrogens is 280 g/mol. The van der Waals surface area contributed by atoms with Gasteiger partial charge in [-0.3, -0.25) is 9.59 Å². The van der Waals surface area contributed by atoms with Gasteiger partial charge in [-0.1, -0.05) is 60.7 Å². The van der Waals surface area contributed by atoms with Crippen molar-refractivity contribution in [3.8, 4) is 0 Å². The molecule has 0 aliphatic rings. The van der Waals surface area contributed by atoms with Gasteiger partial charge >= 0.3 is 11.9 Å². The van der Waals surface area contributed by atoms with Crippen LogP contribution >= 0.6 is 0 Å². The Morgan fingerprint density at radius 3 is 1.27 bits per heavy atom. The zero-order valence-electron chi connectivity index (χ0n) is 12.1. The normalized spacial score (nSPS) is 13.3. The van der Waals surface area contributed by atoms with Crippen LogP contribution in [0.2, 0.25) is 0 Å². The zero-order chi connectivity index (χ0) is 15.9. The van der Waals surface area contributed by atoms with Crippen molar-refractivity contribution >= 4 is 11.9 Å². The molecule has 0 saturated carbocycles. The molecule has 0 fully saturated rings. The quantitative estimate of drug-likeness (QED) is 0.824. The minimum absolute atomic E-state index is 0.208. The molecule has 4 heteroatoms. The Bertz CT molecular complexity index is 565. The third kappa shape index (κ3) is 4.19. The number of aliphatic carboxylic acids is 2. The Morgan fingerprint density at radius 2 is 1.00 bits per heavy atom. The number of hydrogen-bond acceptors (Lipinski definition) is 2. The van der Waals surface area contributed by atoms with E-state index in [-0.39, 0.29) is 12.8 Å². The average molecular weight is 298 g/mol. The van der Waals surface area contributed by atoms with Gasteiger partial charge in [0.05, 0.1) is 11.8 Å². The Balaban J connectivity index is 2.22. The average Bonchev–Trinajstić information content (AvgIpc) is 2.52. The van der Waals surface area contributed by atoms with Crippen molar-refractivity contribution in [2.75, 3.05) is 0 Å². The predicted octanol–water partition coefficient (Wildman–Crippen LogP) is 2.87. The van der Waals surface area contributed by atoms with Crippen LogP contribution in [-0.2, 0) is 22.4 Å². The Hall–Kier alpha value is -2.62. The summed E-state index contributed by atoms with van der Waals surface area (Å²) in [5, 5.41) is 18.9. The standard InChI is InChI=1S/C18H18O4/c19-17(20)15(11-13-7-3-1-4-8-13)16(18(21)22)12-14-9-5-2-6-10-14/h1-10,15-16H,11-12H2,(H,19,20)(H,21,22)/t15-,16+. The summed E-state index contributed by atoms with van der Waals surface area (Å²) in [6.45, 7) is 0. The highest BCUT2D eigenvalue weighted by molar-refractivity contribution is 5.80. The van der Waals surface area contributed by atoms with Gasteiger partial charge in [0, 0.05) is 0 Å². The molecule has 0 spiro atoms. The molecule has 0 saturated heterocycles. The number of carboxylic acids is 2. The van der Waals surface area contributed by atoms with Crippen LogP contribution in [0.3, 0.4) is 0 Å². The summed E-state index contributed by atoms with van der Waals surface area (Å²) in [5.41, 5.74) is 1.66. The SMILES string of the molecule is O=C(O)[C@@H](Cc1ccccc1)[C@@H](Cc1ccccc1)C(=O)O. The predicted molar refractivity (Wildman–Crippen MR) is 82.5 cm³/mol. The van der Waals surface area contributed by atoms with Crippen LogP contribution in [0.4, 0.5) is 0 Å². The molecule has 22 heavy (non-hydrogen) atoms. The molecule has 2 aromatic rings. The second kappa shape index (κ2) is 7.41. The first kappa shape index (κ1) is 15.8. The lowest BCUT2D eigenvalue weighted by molar-refractivity contribution is -0.153. The first-order valence-electron chi connectivity index (χ1n) is 7.11. The van der Waals surface area contributed by atoms with Gasteiger partial charge in [-0.2, -0.15) is 0 Å². The van der Waals surface area contributed by atoms with Crippen LogP contribution < -0.4 is 0 Å². The lowest BCUT2D eigenvalue weighted by atomic mass is 9.83. The van der Waals surface area contributed by atoms with Crippen molar-refractivity contribution in [2.24, 2.45) is 11.8 Å². The summed E-state index contributed by atoms with van der Waals surface area (Å²) in [5.74, 6) is -4.07. The van der Waals surface area contributed by atoms with Crippen LogP contribution in [0.5, 0.6) is 0 Å². The molecular formula is C18H18O4. The van der Waals surface area contributed by atoms with Gasteiger partial charge in [-0.05, 0) is 24.0 Å². The highest BCUT2D eigenvalue weighted by atomic mass is 16.4. The highest BCUT2D eigenvalue weighted by Gasteiger charge is 2.33. The van der Waals surface area contributed by atoms with Gasteiger partial charge in [0.15, 0.2) is 0 Å². The third-order valence-corrected chi connectivity index (χ3v) is 3.72. The lowest BCUT2D eigenvalue weighted by Crippen LogP contribution is -2.33. The zero-order valence-corrected chi connectivity index (χ0v) is 12.1. The van der Waals surface area contributed by atoms with E-state index in [0.717, 1.165) is 11.1 Å². The molecule has 4 nitrogen and oxygen atoms in total. The first-order chi connectivity index (χ1) is 10.6. The minimum atomic E-state index is -1.08. The maximum absolute atomic E-state index is 11.6. The van der Waals surface area contributed by atoms with Crippen molar-refractivity contribution in [1.29, 1.82) is 0 Å². The largest absolute Gasteiger partial charge is 0.481 e. The first-order valence-corrected chi connectivity index (χ1v) is 7.11. The molecule has 2 rings (SSSR count). The maximum Gasteiger partial charge on any atom is 0.307 e. The van der Waals surface area contributed by atoms with Gasteiger partial charge in [-0.15, -0.1) is 0 Å². The van der Waals surface area contributed by atoms with Crippen molar-refractivity contribution < 1.29 is 19.8 Å². The van der Waals surface area contributed by atoms with E-state index in [1.807, 2.05) is 60.7 Å². The molecule has 0 aromatic heterocycles. The maximum atomic E-state index is 11.6. The van der Waals surface area contributed by atoms with E-state index in [0.29, 0.717) is 0 Å². The van der Waals surface area contributed by atoms with Crippen LogP contribution in [0.15, 0.2) is 60.7 Å². The molecule has 0 aliphatic heterocycles. The van der Waals surface area contributed by atoms with Crippen molar-refractivity contribution in [1.82, 2.24) is 0 Å². The summed E-state index contributed by atoms with van der Waals surface area (Å²) in [6, 6.07) is 18.2. The molecule has 0 unspecified atom stereocenters. The summed E-state index contributed by atoms with van der Waals surface area (Å²) < 4.78 is 0. The number of carbonyl (C=O) groups is 2. The van der Waals surface area contributed by atoms with E-state index in [1.54, 1.807) is 0 Å². The van der Waals surface area contributed by atoms with Gasteiger partial charge in [0.25, 0.3) is 0 Å². The van der Waals surface area contributed by atoms with Crippen LogP contribution in [0.25, 0.3) is 0 Å². The Labute approximate surface area is 129 Å². The van der Waals surface area contributed by atoms with E-state index in [1.165, 1.54) is 0 Å². The Morgan fingerprint density at radius 1 is 0.682 bits per heavy atom. The minimum Gasteiger partial charge on any atom is -0.481 e. The van der Waals surface area contributed by atoms with Crippen molar-refractivity contribution in [2.45, 2.75) is 12.8 Å². The molecule has 0 aliphatic carbocycles. The number of benzene rings is 2. The summed E-state index contributed by atoms with van der Waals surface area (Å²) in [7, 11) is 0. The van der Waals surface area contributed by atoms with Gasteiger partial charge < -0.3 is 10.2 Å². The van der Waals surface area contributed by atoms with E-state index in [2.05, 4.69) is 0 Å². The fraction of sp³-hybridized carbons (Fsp3) is 0.222. The number of rotatable bonds is 7. The fourth-order valence-electron chi connectivity index (χ4n) is 2.54. The van der Waals surface area contributed by atoms with E-state index in [9.17, 15) is 19.8 Å². The van der Waals surface area contributed by atoms with Crippen LogP contribution in [0.1, 0.15) is 11.1 Å². The summed E-state index contributed by atoms with van der Waals surface area (Å²) in [4.78, 5) is 23.2. The van der Waals surface area contributed by atoms with Crippen molar-refractivity contribution in [3.63, 3.8) is 0 Å². The van der Waals surface area contributed by atoms with E-state index >= 15 is 0 Å². The third-order valence-electron chi connectivity index (χ3n) is 3.72. The van der Waals surface area contributed by atoms with Gasteiger partial charge in [-0.25, -0.2) is 0 Å².